The van der Waals surface area contributed by atoms with Gasteiger partial charge in [-0.15, -0.1) is 0 Å². The number of halogens is 1. The molecule has 2 heterocycles. The Morgan fingerprint density at radius 1 is 1.53 bits per heavy atom. The third-order valence-electron chi connectivity index (χ3n) is 2.21. The number of aromatic nitrogens is 2. The zero-order chi connectivity index (χ0) is 10.7. The molecule has 15 heavy (non-hydrogen) atoms. The highest BCUT2D eigenvalue weighted by molar-refractivity contribution is 6.30. The van der Waals surface area contributed by atoms with Crippen LogP contribution in [0, 0.1) is 0 Å². The lowest BCUT2D eigenvalue weighted by Gasteiger charge is -2.10. The summed E-state index contributed by atoms with van der Waals surface area (Å²) in [5, 5.41) is 6.40. The van der Waals surface area contributed by atoms with Crippen LogP contribution in [0.1, 0.15) is 12.8 Å². The zero-order valence-electron chi connectivity index (χ0n) is 8.03. The van der Waals surface area contributed by atoms with Gasteiger partial charge in [0.25, 0.3) is 0 Å². The number of hydrogen-bond donors (Lipinski definition) is 2. The van der Waals surface area contributed by atoms with Crippen molar-refractivity contribution in [2.75, 3.05) is 11.9 Å². The summed E-state index contributed by atoms with van der Waals surface area (Å²) in [5.41, 5.74) is 0. The van der Waals surface area contributed by atoms with Crippen molar-refractivity contribution in [1.29, 1.82) is 0 Å². The summed E-state index contributed by atoms with van der Waals surface area (Å²) >= 11 is 5.65. The van der Waals surface area contributed by atoms with Crippen LogP contribution in [0.15, 0.2) is 12.4 Å². The van der Waals surface area contributed by atoms with E-state index in [4.69, 9.17) is 11.6 Å². The van der Waals surface area contributed by atoms with Crippen molar-refractivity contribution in [2.24, 2.45) is 0 Å². The maximum absolute atomic E-state index is 10.9. The summed E-state index contributed by atoms with van der Waals surface area (Å²) in [6.45, 7) is 0.646. The number of carbonyl (C=O) groups excluding carboxylic acids is 1. The Morgan fingerprint density at radius 2 is 2.27 bits per heavy atom. The van der Waals surface area contributed by atoms with Crippen LogP contribution in [0.5, 0.6) is 0 Å². The fourth-order valence-corrected chi connectivity index (χ4v) is 1.55. The second-order valence-electron chi connectivity index (χ2n) is 3.41. The summed E-state index contributed by atoms with van der Waals surface area (Å²) in [6.07, 6.45) is 4.53. The number of amides is 1. The number of nitrogens with one attached hydrogen (secondary N) is 2. The smallest absolute Gasteiger partial charge is 0.222 e. The van der Waals surface area contributed by atoms with Crippen LogP contribution < -0.4 is 10.6 Å². The minimum Gasteiger partial charge on any atom is -0.352 e. The fourth-order valence-electron chi connectivity index (χ4n) is 1.45. The largest absolute Gasteiger partial charge is 0.352 e. The predicted octanol–water partition coefficient (Wildman–Crippen LogP) is 0.820. The van der Waals surface area contributed by atoms with Crippen LogP contribution in [-0.4, -0.2) is 28.5 Å². The van der Waals surface area contributed by atoms with Crippen LogP contribution >= 0.6 is 11.6 Å². The maximum Gasteiger partial charge on any atom is 0.222 e. The van der Waals surface area contributed by atoms with E-state index in [1.54, 1.807) is 0 Å². The summed E-state index contributed by atoms with van der Waals surface area (Å²) < 4.78 is 0. The molecule has 1 fully saturated rings. The Hall–Kier alpha value is -1.36. The Balaban J connectivity index is 1.83. The molecule has 1 aliphatic rings. The van der Waals surface area contributed by atoms with E-state index in [0.717, 1.165) is 6.42 Å². The number of hydrogen-bond acceptors (Lipinski definition) is 4. The molecule has 1 aromatic heterocycles. The number of nitrogens with zero attached hydrogens (tertiary/aromatic N) is 2. The number of carbonyl (C=O) groups is 1. The predicted molar refractivity (Wildman–Crippen MR) is 56.7 cm³/mol. The molecule has 2 N–H and O–H groups in total. The molecule has 0 saturated carbocycles. The molecule has 2 rings (SSSR count). The first-order valence-corrected chi connectivity index (χ1v) is 5.12. The lowest BCUT2D eigenvalue weighted by molar-refractivity contribution is -0.119. The molecule has 1 aromatic rings. The van der Waals surface area contributed by atoms with Crippen LogP contribution in [-0.2, 0) is 4.79 Å². The van der Waals surface area contributed by atoms with Gasteiger partial charge in [0.15, 0.2) is 0 Å². The molecule has 1 aliphatic heterocycles. The Labute approximate surface area is 92.3 Å². The van der Waals surface area contributed by atoms with Gasteiger partial charge in [0.2, 0.25) is 11.9 Å². The fraction of sp³-hybridized carbons (Fsp3) is 0.444. The maximum atomic E-state index is 10.9. The van der Waals surface area contributed by atoms with E-state index in [0.29, 0.717) is 23.9 Å². The molecule has 1 unspecified atom stereocenters. The summed E-state index contributed by atoms with van der Waals surface area (Å²) in [6, 6.07) is 0.178. The summed E-state index contributed by atoms with van der Waals surface area (Å²) in [5.74, 6) is 0.638. The molecular weight excluding hydrogens is 216 g/mol. The van der Waals surface area contributed by atoms with Crippen LogP contribution in [0.2, 0.25) is 5.02 Å². The van der Waals surface area contributed by atoms with Gasteiger partial charge in [-0.2, -0.15) is 0 Å². The Morgan fingerprint density at radius 3 is 2.87 bits per heavy atom. The molecule has 5 nitrogen and oxygen atoms in total. The molecule has 1 saturated heterocycles. The average molecular weight is 227 g/mol. The normalized spacial score (nSPS) is 20.1. The summed E-state index contributed by atoms with van der Waals surface area (Å²) in [7, 11) is 0. The topological polar surface area (TPSA) is 66.9 Å². The van der Waals surface area contributed by atoms with Gasteiger partial charge in [0, 0.05) is 19.0 Å². The van der Waals surface area contributed by atoms with Gasteiger partial charge in [-0.25, -0.2) is 9.97 Å². The van der Waals surface area contributed by atoms with Crippen molar-refractivity contribution in [1.82, 2.24) is 15.3 Å². The highest BCUT2D eigenvalue weighted by atomic mass is 35.5. The first-order valence-electron chi connectivity index (χ1n) is 4.75. The molecule has 0 aromatic carbocycles. The van der Waals surface area contributed by atoms with Gasteiger partial charge in [-0.1, -0.05) is 11.6 Å². The lowest BCUT2D eigenvalue weighted by Crippen LogP contribution is -2.32. The molecule has 0 aliphatic carbocycles. The average Bonchev–Trinajstić information content (AvgIpc) is 2.64. The molecule has 80 valence electrons. The van der Waals surface area contributed by atoms with Crippen molar-refractivity contribution >= 4 is 23.5 Å². The molecule has 1 amide bonds. The molecule has 0 radical (unpaired) electrons. The van der Waals surface area contributed by atoms with Gasteiger partial charge in [0.05, 0.1) is 17.4 Å². The highest BCUT2D eigenvalue weighted by Gasteiger charge is 2.20. The third-order valence-corrected chi connectivity index (χ3v) is 2.41. The van der Waals surface area contributed by atoms with Crippen molar-refractivity contribution < 1.29 is 4.79 Å². The quantitative estimate of drug-likeness (QED) is 0.801. The van der Waals surface area contributed by atoms with Crippen molar-refractivity contribution in [3.05, 3.63) is 17.4 Å². The van der Waals surface area contributed by atoms with Gasteiger partial charge >= 0.3 is 0 Å². The standard InChI is InChI=1S/C9H11ClN4O/c10-6-3-11-9(12-4-6)13-5-7-1-2-8(15)14-7/h3-4,7H,1-2,5H2,(H,14,15)(H,11,12,13). The summed E-state index contributed by atoms with van der Waals surface area (Å²) in [4.78, 5) is 18.9. The van der Waals surface area contributed by atoms with Gasteiger partial charge in [-0.05, 0) is 6.42 Å². The zero-order valence-corrected chi connectivity index (χ0v) is 8.79. The first kappa shape index (κ1) is 10.2. The van der Waals surface area contributed by atoms with Gasteiger partial charge in [0.1, 0.15) is 0 Å². The minimum absolute atomic E-state index is 0.110. The second kappa shape index (κ2) is 4.44. The molecular formula is C9H11ClN4O. The second-order valence-corrected chi connectivity index (χ2v) is 3.85. The lowest BCUT2D eigenvalue weighted by atomic mass is 10.2. The van der Waals surface area contributed by atoms with Gasteiger partial charge < -0.3 is 10.6 Å². The van der Waals surface area contributed by atoms with Crippen LogP contribution in [0.4, 0.5) is 5.95 Å². The third kappa shape index (κ3) is 2.79. The number of anilines is 1. The highest BCUT2D eigenvalue weighted by Crippen LogP contribution is 2.08. The first-order chi connectivity index (χ1) is 7.24. The van der Waals surface area contributed by atoms with Crippen molar-refractivity contribution in [3.8, 4) is 0 Å². The van der Waals surface area contributed by atoms with Crippen molar-refractivity contribution in [3.63, 3.8) is 0 Å². The SMILES string of the molecule is O=C1CCC(CNc2ncc(Cl)cn2)N1. The van der Waals surface area contributed by atoms with E-state index >= 15 is 0 Å². The van der Waals surface area contributed by atoms with Crippen LogP contribution in [0.25, 0.3) is 0 Å². The van der Waals surface area contributed by atoms with E-state index in [1.165, 1.54) is 12.4 Å². The van der Waals surface area contributed by atoms with Gasteiger partial charge in [-0.3, -0.25) is 4.79 Å². The molecule has 6 heteroatoms. The van der Waals surface area contributed by atoms with E-state index in [1.807, 2.05) is 0 Å². The van der Waals surface area contributed by atoms with E-state index in [-0.39, 0.29) is 11.9 Å². The molecule has 1 atom stereocenters. The minimum atomic E-state index is 0.110. The molecule has 0 spiro atoms. The number of rotatable bonds is 3. The van der Waals surface area contributed by atoms with Crippen LogP contribution in [0.3, 0.4) is 0 Å². The Bertz CT molecular complexity index is 354. The van der Waals surface area contributed by atoms with E-state index in [9.17, 15) is 4.79 Å². The van der Waals surface area contributed by atoms with E-state index in [2.05, 4.69) is 20.6 Å². The van der Waals surface area contributed by atoms with E-state index < -0.39 is 0 Å². The molecule has 0 bridgehead atoms. The Kier molecular flexibility index (Phi) is 3.01. The van der Waals surface area contributed by atoms with Crippen molar-refractivity contribution in [2.45, 2.75) is 18.9 Å². The monoisotopic (exact) mass is 226 g/mol.